The lowest BCUT2D eigenvalue weighted by Crippen LogP contribution is -2.62. The van der Waals surface area contributed by atoms with Gasteiger partial charge >= 0.3 is 0 Å². The highest BCUT2D eigenvalue weighted by atomic mass is 16.7. The first-order valence-electron chi connectivity index (χ1n) is 15.7. The molecule has 1 saturated heterocycles. The molecular formula is C33H48O9. The van der Waals surface area contributed by atoms with Crippen molar-refractivity contribution in [2.75, 3.05) is 0 Å². The minimum Gasteiger partial charge on any atom is -0.458 e. The van der Waals surface area contributed by atoms with E-state index >= 15 is 0 Å². The number of ketones is 1. The van der Waals surface area contributed by atoms with Crippen molar-refractivity contribution in [1.82, 2.24) is 0 Å². The Hall–Kier alpha value is -1.59. The Balaban J connectivity index is 1.35. The summed E-state index contributed by atoms with van der Waals surface area (Å²) in [6.07, 6.45) is 2.91. The van der Waals surface area contributed by atoms with Crippen molar-refractivity contribution < 1.29 is 44.2 Å². The Morgan fingerprint density at radius 3 is 2.45 bits per heavy atom. The van der Waals surface area contributed by atoms with Crippen molar-refractivity contribution in [1.29, 1.82) is 0 Å². The smallest absolute Gasteiger partial charge is 0.218 e. The molecule has 4 aliphatic carbocycles. The van der Waals surface area contributed by atoms with Crippen LogP contribution in [-0.4, -0.2) is 66.4 Å². The van der Waals surface area contributed by atoms with E-state index in [0.717, 1.165) is 12.0 Å². The number of carbonyl (C=O) groups is 1. The Bertz CT molecular complexity index is 1250. The van der Waals surface area contributed by atoms with E-state index in [4.69, 9.17) is 13.9 Å². The van der Waals surface area contributed by atoms with Crippen LogP contribution in [0.3, 0.4) is 0 Å². The van der Waals surface area contributed by atoms with Crippen molar-refractivity contribution >= 4 is 5.78 Å². The number of aliphatic hydroxyl groups is 5. The second kappa shape index (κ2) is 9.96. The quantitative estimate of drug-likeness (QED) is 0.335. The van der Waals surface area contributed by atoms with Gasteiger partial charge in [-0.1, -0.05) is 13.8 Å². The van der Waals surface area contributed by atoms with Gasteiger partial charge in [-0.3, -0.25) is 4.79 Å². The van der Waals surface area contributed by atoms with Crippen LogP contribution in [0.1, 0.15) is 104 Å². The minimum absolute atomic E-state index is 0.0634. The van der Waals surface area contributed by atoms with Gasteiger partial charge in [-0.15, -0.1) is 0 Å². The molecule has 4 fully saturated rings. The molecule has 0 bridgehead atoms. The fraction of sp³-hybridized carbons (Fsp3) is 0.788. The van der Waals surface area contributed by atoms with Crippen LogP contribution in [0.5, 0.6) is 0 Å². The lowest BCUT2D eigenvalue weighted by Gasteiger charge is -2.60. The van der Waals surface area contributed by atoms with E-state index in [-0.39, 0.29) is 36.6 Å². The molecule has 6 rings (SSSR count). The summed E-state index contributed by atoms with van der Waals surface area (Å²) in [6.45, 7) is 9.53. The monoisotopic (exact) mass is 588 g/mol. The summed E-state index contributed by atoms with van der Waals surface area (Å²) in [5.41, 5.74) is -3.33. The maximum Gasteiger partial charge on any atom is 0.218 e. The van der Waals surface area contributed by atoms with Crippen LogP contribution in [0.25, 0.3) is 0 Å². The molecular weight excluding hydrogens is 540 g/mol. The topological polar surface area (TPSA) is 150 Å². The highest BCUT2D eigenvalue weighted by molar-refractivity contribution is 5.95. The Morgan fingerprint density at radius 2 is 1.79 bits per heavy atom. The molecule has 0 aromatic carbocycles. The molecule has 5 N–H and O–H groups in total. The number of allylic oxidation sites excluding steroid dienone is 1. The van der Waals surface area contributed by atoms with Gasteiger partial charge in [-0.05, 0) is 113 Å². The summed E-state index contributed by atoms with van der Waals surface area (Å²) < 4.78 is 19.1. The summed E-state index contributed by atoms with van der Waals surface area (Å²) >= 11 is 0. The van der Waals surface area contributed by atoms with Crippen LogP contribution in [0, 0.1) is 28.6 Å². The number of carbonyl (C=O) groups excluding carboxylic acids is 1. The van der Waals surface area contributed by atoms with Crippen LogP contribution < -0.4 is 0 Å². The van der Waals surface area contributed by atoms with Crippen molar-refractivity contribution in [3.63, 3.8) is 0 Å². The Labute approximate surface area is 247 Å². The SMILES string of the molecule is CC(C)(O)CCC1OC(c2ccc(CO)o2)OC1(C)C1CCC2(O)C3=CC(=O)C4CC(O)C(O)CC4(C)C3CCC12C. The average molecular weight is 589 g/mol. The zero-order chi connectivity index (χ0) is 30.5. The molecule has 11 unspecified atom stereocenters. The molecule has 5 aliphatic rings. The van der Waals surface area contributed by atoms with E-state index in [2.05, 4.69) is 13.8 Å². The number of fused-ring (bicyclic) bond motifs is 5. The zero-order valence-electron chi connectivity index (χ0n) is 25.5. The lowest BCUT2D eigenvalue weighted by atomic mass is 9.45. The number of furan rings is 1. The first-order chi connectivity index (χ1) is 19.6. The van der Waals surface area contributed by atoms with Gasteiger partial charge in [0.1, 0.15) is 12.4 Å². The van der Waals surface area contributed by atoms with Gasteiger partial charge in [0.15, 0.2) is 11.5 Å². The number of aliphatic hydroxyl groups excluding tert-OH is 3. The first-order valence-corrected chi connectivity index (χ1v) is 15.7. The van der Waals surface area contributed by atoms with Crippen molar-refractivity contribution in [2.24, 2.45) is 28.6 Å². The molecule has 3 saturated carbocycles. The van der Waals surface area contributed by atoms with E-state index in [1.165, 1.54) is 0 Å². The van der Waals surface area contributed by atoms with Crippen molar-refractivity contribution in [3.8, 4) is 0 Å². The largest absolute Gasteiger partial charge is 0.458 e. The molecule has 1 aliphatic heterocycles. The van der Waals surface area contributed by atoms with Gasteiger partial charge in [0, 0.05) is 11.3 Å². The van der Waals surface area contributed by atoms with Gasteiger partial charge in [-0.25, -0.2) is 0 Å². The summed E-state index contributed by atoms with van der Waals surface area (Å²) in [5, 5.41) is 53.8. The fourth-order valence-corrected chi connectivity index (χ4v) is 9.78. The van der Waals surface area contributed by atoms with Crippen LogP contribution in [-0.2, 0) is 20.9 Å². The van der Waals surface area contributed by atoms with E-state index in [1.807, 2.05) is 6.92 Å². The third-order valence-electron chi connectivity index (χ3n) is 12.2. The maximum atomic E-state index is 13.6. The standard InChI is InChI=1S/C33H48O9/c1-29(2,38)11-10-27-32(5,42-28(41-27)25-7-6-18(17-34)40-25)26-9-13-33(39)20-14-22(35)21-15-23(36)24(37)16-30(21,3)19(20)8-12-31(26,33)4/h6-7,14,19,21,23-24,26-28,34,36-39H,8-13,15-17H2,1-5H3. The molecule has 9 heteroatoms. The highest BCUT2D eigenvalue weighted by Crippen LogP contribution is 2.70. The summed E-state index contributed by atoms with van der Waals surface area (Å²) in [5.74, 6) is 0.258. The third-order valence-corrected chi connectivity index (χ3v) is 12.2. The van der Waals surface area contributed by atoms with Crippen molar-refractivity contribution in [3.05, 3.63) is 35.3 Å². The van der Waals surface area contributed by atoms with Gasteiger partial charge in [0.2, 0.25) is 6.29 Å². The van der Waals surface area contributed by atoms with Gasteiger partial charge in [0.25, 0.3) is 0 Å². The van der Waals surface area contributed by atoms with E-state index < -0.39 is 52.2 Å². The molecule has 2 heterocycles. The average Bonchev–Trinajstić information content (AvgIpc) is 3.59. The van der Waals surface area contributed by atoms with Crippen LogP contribution in [0.15, 0.2) is 28.2 Å². The number of hydrogen-bond acceptors (Lipinski definition) is 9. The van der Waals surface area contributed by atoms with Gasteiger partial charge < -0.3 is 39.4 Å². The molecule has 234 valence electrons. The lowest BCUT2D eigenvalue weighted by molar-refractivity contribution is -0.170. The molecule has 42 heavy (non-hydrogen) atoms. The molecule has 0 radical (unpaired) electrons. The molecule has 0 amide bonds. The van der Waals surface area contributed by atoms with E-state index in [1.54, 1.807) is 32.1 Å². The van der Waals surface area contributed by atoms with E-state index in [0.29, 0.717) is 50.0 Å². The Kier molecular flexibility index (Phi) is 7.22. The van der Waals surface area contributed by atoms with Crippen molar-refractivity contribution in [2.45, 2.75) is 134 Å². The number of rotatable bonds is 6. The normalized spacial score (nSPS) is 47.1. The zero-order valence-corrected chi connectivity index (χ0v) is 25.5. The van der Waals surface area contributed by atoms with Crippen LogP contribution in [0.4, 0.5) is 0 Å². The Morgan fingerprint density at radius 1 is 1.05 bits per heavy atom. The van der Waals surface area contributed by atoms with E-state index in [9.17, 15) is 30.3 Å². The summed E-state index contributed by atoms with van der Waals surface area (Å²) in [4.78, 5) is 13.6. The molecule has 0 spiro atoms. The van der Waals surface area contributed by atoms with Gasteiger partial charge in [0.05, 0.1) is 35.1 Å². The van der Waals surface area contributed by atoms with Crippen LogP contribution in [0.2, 0.25) is 0 Å². The molecule has 9 nitrogen and oxygen atoms in total. The number of ether oxygens (including phenoxy) is 2. The minimum atomic E-state index is -1.23. The predicted molar refractivity (Wildman–Crippen MR) is 152 cm³/mol. The fourth-order valence-electron chi connectivity index (χ4n) is 9.78. The maximum absolute atomic E-state index is 13.6. The highest BCUT2D eigenvalue weighted by Gasteiger charge is 2.71. The molecule has 1 aromatic rings. The van der Waals surface area contributed by atoms with Crippen LogP contribution >= 0.6 is 0 Å². The van der Waals surface area contributed by atoms with Gasteiger partial charge in [-0.2, -0.15) is 0 Å². The molecule has 1 aromatic heterocycles. The second-order valence-electron chi connectivity index (χ2n) is 15.2. The molecule has 11 atom stereocenters. The predicted octanol–water partition coefficient (Wildman–Crippen LogP) is 3.70. The third kappa shape index (κ3) is 4.41. The summed E-state index contributed by atoms with van der Waals surface area (Å²) in [6, 6.07) is 3.44. The second-order valence-corrected chi connectivity index (χ2v) is 15.2. The first kappa shape index (κ1) is 30.4. The number of hydrogen-bond donors (Lipinski definition) is 5. The summed E-state index contributed by atoms with van der Waals surface area (Å²) in [7, 11) is 0.